The van der Waals surface area contributed by atoms with Crippen molar-refractivity contribution in [2.24, 2.45) is 0 Å². The minimum atomic E-state index is -0.281. The van der Waals surface area contributed by atoms with Gasteiger partial charge in [-0.25, -0.2) is 0 Å². The van der Waals surface area contributed by atoms with Crippen LogP contribution >= 0.6 is 27.5 Å². The minimum absolute atomic E-state index is 0.0134. The molecule has 0 aliphatic rings. The Balaban J connectivity index is 2.77. The number of carbonyl (C=O) groups is 1. The molecular formula is C12H15BrClNO3. The van der Waals surface area contributed by atoms with E-state index in [4.69, 9.17) is 21.4 Å². The second kappa shape index (κ2) is 7.74. The van der Waals surface area contributed by atoms with Crippen LogP contribution in [0.5, 0.6) is 0 Å². The number of aliphatic hydroxyl groups is 1. The SMILES string of the molecule is COCC(CCO)NC(=O)c1cccc(Br)c1Cl. The van der Waals surface area contributed by atoms with E-state index in [2.05, 4.69) is 21.2 Å². The number of nitrogens with one attached hydrogen (secondary N) is 1. The smallest absolute Gasteiger partial charge is 0.253 e. The Morgan fingerprint density at radius 2 is 2.33 bits per heavy atom. The van der Waals surface area contributed by atoms with E-state index in [0.29, 0.717) is 28.1 Å². The van der Waals surface area contributed by atoms with Crippen LogP contribution in [-0.4, -0.2) is 37.4 Å². The highest BCUT2D eigenvalue weighted by atomic mass is 79.9. The van der Waals surface area contributed by atoms with E-state index < -0.39 is 0 Å². The van der Waals surface area contributed by atoms with Gasteiger partial charge in [0, 0.05) is 18.2 Å². The van der Waals surface area contributed by atoms with Crippen molar-refractivity contribution in [1.82, 2.24) is 5.32 Å². The lowest BCUT2D eigenvalue weighted by Gasteiger charge is -2.17. The molecule has 0 fully saturated rings. The van der Waals surface area contributed by atoms with Gasteiger partial charge in [0.1, 0.15) is 0 Å². The summed E-state index contributed by atoms with van der Waals surface area (Å²) in [4.78, 5) is 12.0. The first-order valence-corrected chi connectivity index (χ1v) is 6.62. The van der Waals surface area contributed by atoms with Gasteiger partial charge in [-0.2, -0.15) is 0 Å². The zero-order chi connectivity index (χ0) is 13.5. The molecule has 1 aromatic carbocycles. The number of aliphatic hydroxyl groups excluding tert-OH is 1. The first kappa shape index (κ1) is 15.4. The van der Waals surface area contributed by atoms with Gasteiger partial charge < -0.3 is 15.2 Å². The van der Waals surface area contributed by atoms with Gasteiger partial charge in [-0.15, -0.1) is 0 Å². The fourth-order valence-electron chi connectivity index (χ4n) is 1.50. The predicted molar refractivity (Wildman–Crippen MR) is 74.0 cm³/mol. The van der Waals surface area contributed by atoms with Gasteiger partial charge in [0.05, 0.1) is 23.2 Å². The third-order valence-corrected chi connectivity index (χ3v) is 3.67. The van der Waals surface area contributed by atoms with Crippen LogP contribution in [0.15, 0.2) is 22.7 Å². The Labute approximate surface area is 119 Å². The number of hydrogen-bond acceptors (Lipinski definition) is 3. The lowest BCUT2D eigenvalue weighted by atomic mass is 10.1. The maximum Gasteiger partial charge on any atom is 0.253 e. The Bertz CT molecular complexity index is 408. The summed E-state index contributed by atoms with van der Waals surface area (Å²) in [6.07, 6.45) is 0.436. The van der Waals surface area contributed by atoms with Crippen molar-refractivity contribution < 1.29 is 14.6 Å². The number of amides is 1. The Morgan fingerprint density at radius 1 is 1.61 bits per heavy atom. The molecule has 6 heteroatoms. The number of carbonyl (C=O) groups excluding carboxylic acids is 1. The van der Waals surface area contributed by atoms with Gasteiger partial charge in [0.2, 0.25) is 0 Å². The molecule has 2 N–H and O–H groups in total. The molecule has 1 amide bonds. The quantitative estimate of drug-likeness (QED) is 0.837. The summed E-state index contributed by atoms with van der Waals surface area (Å²) in [6.45, 7) is 0.332. The summed E-state index contributed by atoms with van der Waals surface area (Å²) in [6, 6.07) is 4.91. The van der Waals surface area contributed by atoms with Crippen LogP contribution in [0, 0.1) is 0 Å². The molecule has 0 aliphatic carbocycles. The number of hydrogen-bond donors (Lipinski definition) is 2. The van der Waals surface area contributed by atoms with Gasteiger partial charge in [-0.1, -0.05) is 17.7 Å². The van der Waals surface area contributed by atoms with Crippen molar-refractivity contribution in [3.63, 3.8) is 0 Å². The minimum Gasteiger partial charge on any atom is -0.396 e. The van der Waals surface area contributed by atoms with E-state index in [0.717, 1.165) is 0 Å². The molecule has 0 aliphatic heterocycles. The van der Waals surface area contributed by atoms with Gasteiger partial charge in [0.15, 0.2) is 0 Å². The Kier molecular flexibility index (Phi) is 6.63. The zero-order valence-electron chi connectivity index (χ0n) is 9.95. The normalized spacial score (nSPS) is 12.2. The summed E-state index contributed by atoms with van der Waals surface area (Å²) in [5, 5.41) is 12.0. The zero-order valence-corrected chi connectivity index (χ0v) is 12.3. The monoisotopic (exact) mass is 335 g/mol. The molecule has 1 atom stereocenters. The van der Waals surface area contributed by atoms with E-state index in [1.807, 2.05) is 0 Å². The molecule has 1 rings (SSSR count). The van der Waals surface area contributed by atoms with Crippen LogP contribution in [0.2, 0.25) is 5.02 Å². The Morgan fingerprint density at radius 3 is 2.94 bits per heavy atom. The van der Waals surface area contributed by atoms with E-state index in [1.54, 1.807) is 25.3 Å². The molecule has 1 aromatic rings. The fraction of sp³-hybridized carbons (Fsp3) is 0.417. The fourth-order valence-corrected chi connectivity index (χ4v) is 2.07. The van der Waals surface area contributed by atoms with Gasteiger partial charge in [-0.3, -0.25) is 4.79 Å². The topological polar surface area (TPSA) is 58.6 Å². The summed E-state index contributed by atoms with van der Waals surface area (Å²) in [5.41, 5.74) is 0.394. The summed E-state index contributed by atoms with van der Waals surface area (Å²) in [5.74, 6) is -0.281. The third kappa shape index (κ3) is 4.24. The second-order valence-electron chi connectivity index (χ2n) is 3.74. The van der Waals surface area contributed by atoms with Crippen molar-refractivity contribution in [2.75, 3.05) is 20.3 Å². The largest absolute Gasteiger partial charge is 0.396 e. The van der Waals surface area contributed by atoms with Gasteiger partial charge in [0.25, 0.3) is 5.91 Å². The summed E-state index contributed by atoms with van der Waals surface area (Å²) >= 11 is 9.30. The standard InChI is InChI=1S/C12H15BrClNO3/c1-18-7-8(5-6-16)15-12(17)9-3-2-4-10(13)11(9)14/h2-4,8,16H,5-7H2,1H3,(H,15,17). The molecule has 0 radical (unpaired) electrons. The molecule has 0 aromatic heterocycles. The Hall–Kier alpha value is -0.620. The van der Waals surface area contributed by atoms with E-state index in [-0.39, 0.29) is 18.6 Å². The number of halogens is 2. The first-order chi connectivity index (χ1) is 8.60. The predicted octanol–water partition coefficient (Wildman–Crippen LogP) is 2.23. The summed E-state index contributed by atoms with van der Waals surface area (Å²) in [7, 11) is 1.54. The highest BCUT2D eigenvalue weighted by molar-refractivity contribution is 9.10. The van der Waals surface area contributed by atoms with Crippen LogP contribution < -0.4 is 5.32 Å². The molecule has 0 saturated heterocycles. The van der Waals surface area contributed by atoms with E-state index in [1.165, 1.54) is 0 Å². The molecule has 0 bridgehead atoms. The first-order valence-electron chi connectivity index (χ1n) is 5.44. The lowest BCUT2D eigenvalue weighted by molar-refractivity contribution is 0.0879. The number of rotatable bonds is 6. The van der Waals surface area contributed by atoms with Crippen molar-refractivity contribution in [3.05, 3.63) is 33.3 Å². The molecule has 0 saturated carbocycles. The van der Waals surface area contributed by atoms with Crippen molar-refractivity contribution >= 4 is 33.4 Å². The van der Waals surface area contributed by atoms with Crippen LogP contribution in [0.3, 0.4) is 0 Å². The van der Waals surface area contributed by atoms with Crippen LogP contribution in [-0.2, 0) is 4.74 Å². The van der Waals surface area contributed by atoms with Crippen molar-refractivity contribution in [3.8, 4) is 0 Å². The van der Waals surface area contributed by atoms with E-state index >= 15 is 0 Å². The number of ether oxygens (including phenoxy) is 1. The van der Waals surface area contributed by atoms with Crippen molar-refractivity contribution in [1.29, 1.82) is 0 Å². The average molecular weight is 337 g/mol. The molecule has 1 unspecified atom stereocenters. The molecular weight excluding hydrogens is 321 g/mol. The molecule has 0 spiro atoms. The van der Waals surface area contributed by atoms with E-state index in [9.17, 15) is 4.79 Å². The van der Waals surface area contributed by atoms with Gasteiger partial charge in [-0.05, 0) is 34.5 Å². The highest BCUT2D eigenvalue weighted by Crippen LogP contribution is 2.25. The highest BCUT2D eigenvalue weighted by Gasteiger charge is 2.16. The molecule has 4 nitrogen and oxygen atoms in total. The average Bonchev–Trinajstić information content (AvgIpc) is 2.33. The molecule has 100 valence electrons. The summed E-state index contributed by atoms with van der Waals surface area (Å²) < 4.78 is 5.65. The second-order valence-corrected chi connectivity index (χ2v) is 4.97. The van der Waals surface area contributed by atoms with Gasteiger partial charge >= 0.3 is 0 Å². The maximum atomic E-state index is 12.0. The number of benzene rings is 1. The molecule has 18 heavy (non-hydrogen) atoms. The maximum absolute atomic E-state index is 12.0. The number of methoxy groups -OCH3 is 1. The third-order valence-electron chi connectivity index (χ3n) is 2.38. The van der Waals surface area contributed by atoms with Crippen LogP contribution in [0.4, 0.5) is 0 Å². The molecule has 0 heterocycles. The van der Waals surface area contributed by atoms with Crippen molar-refractivity contribution in [2.45, 2.75) is 12.5 Å². The lowest BCUT2D eigenvalue weighted by Crippen LogP contribution is -2.38. The van der Waals surface area contributed by atoms with Crippen LogP contribution in [0.25, 0.3) is 0 Å². The van der Waals surface area contributed by atoms with Crippen LogP contribution in [0.1, 0.15) is 16.8 Å².